The molecule has 0 aromatic carbocycles. The van der Waals surface area contributed by atoms with Crippen LogP contribution in [0.4, 0.5) is 0 Å². The van der Waals surface area contributed by atoms with Crippen molar-refractivity contribution in [3.63, 3.8) is 0 Å². The normalized spacial score (nSPS) is 17.8. The van der Waals surface area contributed by atoms with E-state index in [4.69, 9.17) is 0 Å². The zero-order chi connectivity index (χ0) is 8.27. The molecule has 11 heavy (non-hydrogen) atoms. The van der Waals surface area contributed by atoms with Gasteiger partial charge in [-0.3, -0.25) is 0 Å². The number of aliphatic imine (C=N–C) groups is 1. The molecular weight excluding hydrogens is 136 g/mol. The van der Waals surface area contributed by atoms with Gasteiger partial charge in [0.05, 0.1) is 0 Å². The minimum Gasteiger partial charge on any atom is -0.309 e. The summed E-state index contributed by atoms with van der Waals surface area (Å²) in [5, 5.41) is 0. The molecule has 1 aliphatic rings. The van der Waals surface area contributed by atoms with E-state index in [-0.39, 0.29) is 0 Å². The molecule has 1 heterocycles. The van der Waals surface area contributed by atoms with Crippen LogP contribution in [0.3, 0.4) is 0 Å². The molecule has 0 bridgehead atoms. The molecule has 2 heteroatoms. The lowest BCUT2D eigenvalue weighted by Gasteiger charge is -2.18. The zero-order valence-corrected chi connectivity index (χ0v) is 6.91. The lowest BCUT2D eigenvalue weighted by molar-refractivity contribution is 0.614. The summed E-state index contributed by atoms with van der Waals surface area (Å²) >= 11 is 0. The van der Waals surface area contributed by atoms with E-state index < -0.39 is 0 Å². The zero-order valence-electron chi connectivity index (χ0n) is 6.91. The van der Waals surface area contributed by atoms with Gasteiger partial charge in [0.15, 0.2) is 0 Å². The van der Waals surface area contributed by atoms with Crippen molar-refractivity contribution in [1.29, 1.82) is 0 Å². The predicted molar refractivity (Wildman–Crippen MR) is 48.0 cm³/mol. The van der Waals surface area contributed by atoms with Crippen molar-refractivity contribution in [1.82, 2.24) is 4.90 Å². The van der Waals surface area contributed by atoms with Crippen LogP contribution in [0.5, 0.6) is 0 Å². The van der Waals surface area contributed by atoms with E-state index in [0.717, 1.165) is 11.4 Å². The highest BCUT2D eigenvalue weighted by molar-refractivity contribution is 5.79. The van der Waals surface area contributed by atoms with Crippen LogP contribution < -0.4 is 0 Å². The summed E-state index contributed by atoms with van der Waals surface area (Å²) in [7, 11) is 0. The highest BCUT2D eigenvalue weighted by Crippen LogP contribution is 2.11. The van der Waals surface area contributed by atoms with Crippen LogP contribution in [0.25, 0.3) is 0 Å². The quantitative estimate of drug-likeness (QED) is 0.557. The summed E-state index contributed by atoms with van der Waals surface area (Å²) in [6, 6.07) is 0. The molecule has 58 valence electrons. The summed E-state index contributed by atoms with van der Waals surface area (Å²) in [6.45, 7) is 7.75. The molecule has 0 unspecified atom stereocenters. The maximum Gasteiger partial charge on any atom is 0.129 e. The Balaban J connectivity index is 2.81. The minimum atomic E-state index is 0.758. The van der Waals surface area contributed by atoms with Gasteiger partial charge in [0.1, 0.15) is 5.82 Å². The van der Waals surface area contributed by atoms with E-state index in [2.05, 4.69) is 11.6 Å². The average Bonchev–Trinajstić information content (AvgIpc) is 1.98. The van der Waals surface area contributed by atoms with E-state index in [1.807, 2.05) is 43.4 Å². The van der Waals surface area contributed by atoms with Crippen LogP contribution in [0.1, 0.15) is 13.8 Å². The summed E-state index contributed by atoms with van der Waals surface area (Å²) < 4.78 is 0. The van der Waals surface area contributed by atoms with Crippen molar-refractivity contribution in [3.8, 4) is 0 Å². The molecule has 1 rings (SSSR count). The SMILES string of the molecule is C=C1N=CC(C)=CN1/C=C\C. The van der Waals surface area contributed by atoms with E-state index in [0.29, 0.717) is 0 Å². The van der Waals surface area contributed by atoms with E-state index >= 15 is 0 Å². The second kappa shape index (κ2) is 3.19. The van der Waals surface area contributed by atoms with Gasteiger partial charge in [-0.25, -0.2) is 4.99 Å². The fourth-order valence-electron chi connectivity index (χ4n) is 0.860. The highest BCUT2D eigenvalue weighted by Gasteiger charge is 2.02. The molecule has 0 saturated carbocycles. The van der Waals surface area contributed by atoms with Crippen molar-refractivity contribution in [2.75, 3.05) is 0 Å². The second-order valence-corrected chi connectivity index (χ2v) is 2.44. The first-order valence-electron chi connectivity index (χ1n) is 3.56. The Labute approximate surface area is 67.2 Å². The average molecular weight is 148 g/mol. The van der Waals surface area contributed by atoms with Gasteiger partial charge in [-0.1, -0.05) is 12.7 Å². The molecule has 2 nitrogen and oxygen atoms in total. The number of nitrogens with zero attached hydrogens (tertiary/aromatic N) is 2. The van der Waals surface area contributed by atoms with Crippen LogP contribution >= 0.6 is 0 Å². The first-order chi connectivity index (χ1) is 5.24. The molecule has 0 aromatic rings. The number of hydrogen-bond acceptors (Lipinski definition) is 2. The van der Waals surface area contributed by atoms with Crippen molar-refractivity contribution >= 4 is 6.21 Å². The summed E-state index contributed by atoms with van der Waals surface area (Å²) in [5.41, 5.74) is 1.13. The Kier molecular flexibility index (Phi) is 2.26. The van der Waals surface area contributed by atoms with Gasteiger partial charge in [0.2, 0.25) is 0 Å². The van der Waals surface area contributed by atoms with Crippen molar-refractivity contribution in [2.45, 2.75) is 13.8 Å². The molecule has 0 radical (unpaired) electrons. The Morgan fingerprint density at radius 2 is 2.36 bits per heavy atom. The van der Waals surface area contributed by atoms with Crippen molar-refractivity contribution in [3.05, 3.63) is 36.4 Å². The summed E-state index contributed by atoms with van der Waals surface area (Å²) in [6.07, 6.45) is 7.69. The van der Waals surface area contributed by atoms with Gasteiger partial charge in [0.25, 0.3) is 0 Å². The Bertz CT molecular complexity index is 246. The van der Waals surface area contributed by atoms with Crippen LogP contribution in [0.2, 0.25) is 0 Å². The Morgan fingerprint density at radius 1 is 1.64 bits per heavy atom. The minimum absolute atomic E-state index is 0.758. The lowest BCUT2D eigenvalue weighted by Crippen LogP contribution is -2.11. The van der Waals surface area contributed by atoms with Gasteiger partial charge in [-0.05, 0) is 19.4 Å². The number of allylic oxidation sites excluding steroid dienone is 2. The maximum absolute atomic E-state index is 4.10. The molecule has 0 fully saturated rings. The van der Waals surface area contributed by atoms with Gasteiger partial charge in [-0.15, -0.1) is 0 Å². The monoisotopic (exact) mass is 148 g/mol. The Morgan fingerprint density at radius 3 is 3.00 bits per heavy atom. The topological polar surface area (TPSA) is 15.6 Å². The van der Waals surface area contributed by atoms with Gasteiger partial charge >= 0.3 is 0 Å². The van der Waals surface area contributed by atoms with E-state index in [1.165, 1.54) is 0 Å². The van der Waals surface area contributed by atoms with Gasteiger partial charge in [-0.2, -0.15) is 0 Å². The highest BCUT2D eigenvalue weighted by atomic mass is 15.2. The first kappa shape index (κ1) is 7.79. The molecule has 0 N–H and O–H groups in total. The third-order valence-electron chi connectivity index (χ3n) is 1.37. The third kappa shape index (κ3) is 1.80. The van der Waals surface area contributed by atoms with Crippen LogP contribution in [0, 0.1) is 0 Å². The van der Waals surface area contributed by atoms with Gasteiger partial charge < -0.3 is 4.90 Å². The molecule has 1 aliphatic heterocycles. The smallest absolute Gasteiger partial charge is 0.129 e. The standard InChI is InChI=1S/C9H12N2/c1-4-5-11-7-8(2)6-10-9(11)3/h4-7H,3H2,1-2H3/b5-4-. The molecule has 0 saturated heterocycles. The van der Waals surface area contributed by atoms with Crippen molar-refractivity contribution < 1.29 is 0 Å². The van der Waals surface area contributed by atoms with E-state index in [9.17, 15) is 0 Å². The molecule has 0 aromatic heterocycles. The van der Waals surface area contributed by atoms with Crippen LogP contribution in [0.15, 0.2) is 41.4 Å². The molecule has 0 atom stereocenters. The van der Waals surface area contributed by atoms with Gasteiger partial charge in [0, 0.05) is 18.6 Å². The number of hydrogen-bond donors (Lipinski definition) is 0. The summed E-state index contributed by atoms with van der Waals surface area (Å²) in [4.78, 5) is 6.00. The molecule has 0 spiro atoms. The second-order valence-electron chi connectivity index (χ2n) is 2.44. The van der Waals surface area contributed by atoms with Crippen molar-refractivity contribution in [2.24, 2.45) is 4.99 Å². The third-order valence-corrected chi connectivity index (χ3v) is 1.37. The molecular formula is C9H12N2. The van der Waals surface area contributed by atoms with Crippen LogP contribution in [-0.2, 0) is 0 Å². The maximum atomic E-state index is 4.10. The fraction of sp³-hybridized carbons (Fsp3) is 0.222. The molecule has 0 amide bonds. The van der Waals surface area contributed by atoms with E-state index in [1.54, 1.807) is 0 Å². The predicted octanol–water partition coefficient (Wildman–Crippen LogP) is 2.28. The Hall–Kier alpha value is -1.31. The largest absolute Gasteiger partial charge is 0.309 e. The first-order valence-corrected chi connectivity index (χ1v) is 3.56. The lowest BCUT2D eigenvalue weighted by atomic mass is 10.3. The summed E-state index contributed by atoms with van der Waals surface area (Å²) in [5.74, 6) is 0.758. The van der Waals surface area contributed by atoms with Crippen LogP contribution in [-0.4, -0.2) is 11.1 Å². The number of rotatable bonds is 1. The fourth-order valence-corrected chi connectivity index (χ4v) is 0.860. The molecule has 0 aliphatic carbocycles.